The Balaban J connectivity index is 1.63. The molecule has 0 radical (unpaired) electrons. The number of urea groups is 1. The molecule has 1 aromatic heterocycles. The summed E-state index contributed by atoms with van der Waals surface area (Å²) in [5, 5.41) is 9.95. The SMILES string of the molecule is COc1ccc(NC(=O)c2csc(NC(=O)Nc3cccc(C)c3)n2)c(OC)c1. The maximum absolute atomic E-state index is 12.5. The van der Waals surface area contributed by atoms with E-state index in [0.29, 0.717) is 28.0 Å². The van der Waals surface area contributed by atoms with E-state index in [-0.39, 0.29) is 5.69 Å². The molecular formula is C20H20N4O4S. The molecule has 9 heteroatoms. The zero-order chi connectivity index (χ0) is 20.8. The highest BCUT2D eigenvalue weighted by Crippen LogP contribution is 2.29. The van der Waals surface area contributed by atoms with Crippen molar-refractivity contribution in [3.63, 3.8) is 0 Å². The van der Waals surface area contributed by atoms with Crippen LogP contribution >= 0.6 is 11.3 Å². The van der Waals surface area contributed by atoms with E-state index in [0.717, 1.165) is 16.9 Å². The number of rotatable bonds is 6. The molecule has 0 atom stereocenters. The number of nitrogens with zero attached hydrogens (tertiary/aromatic N) is 1. The van der Waals surface area contributed by atoms with E-state index in [4.69, 9.17) is 9.47 Å². The minimum Gasteiger partial charge on any atom is -0.497 e. The number of thiazole rings is 1. The largest absolute Gasteiger partial charge is 0.497 e. The number of benzene rings is 2. The predicted molar refractivity (Wildman–Crippen MR) is 113 cm³/mol. The van der Waals surface area contributed by atoms with Gasteiger partial charge in [-0.1, -0.05) is 12.1 Å². The molecule has 3 aromatic rings. The average Bonchev–Trinajstić information content (AvgIpc) is 3.16. The molecular weight excluding hydrogens is 392 g/mol. The summed E-state index contributed by atoms with van der Waals surface area (Å²) < 4.78 is 10.4. The number of methoxy groups -OCH3 is 2. The molecule has 0 unspecified atom stereocenters. The molecule has 0 fully saturated rings. The van der Waals surface area contributed by atoms with Gasteiger partial charge in [0.05, 0.1) is 19.9 Å². The van der Waals surface area contributed by atoms with Crippen LogP contribution in [0.4, 0.5) is 21.3 Å². The highest BCUT2D eigenvalue weighted by Gasteiger charge is 2.15. The number of carbonyl (C=O) groups excluding carboxylic acids is 2. The molecule has 3 rings (SSSR count). The molecule has 29 heavy (non-hydrogen) atoms. The van der Waals surface area contributed by atoms with Crippen LogP contribution in [0.15, 0.2) is 47.8 Å². The molecule has 0 bridgehead atoms. The van der Waals surface area contributed by atoms with Crippen LogP contribution in [-0.2, 0) is 0 Å². The van der Waals surface area contributed by atoms with Crippen molar-refractivity contribution >= 4 is 39.8 Å². The summed E-state index contributed by atoms with van der Waals surface area (Å²) in [6.07, 6.45) is 0. The lowest BCUT2D eigenvalue weighted by Gasteiger charge is -2.10. The van der Waals surface area contributed by atoms with Gasteiger partial charge in [-0.2, -0.15) is 0 Å². The Morgan fingerprint density at radius 1 is 1.00 bits per heavy atom. The highest BCUT2D eigenvalue weighted by atomic mass is 32.1. The van der Waals surface area contributed by atoms with E-state index in [1.54, 1.807) is 36.8 Å². The fourth-order valence-corrected chi connectivity index (χ4v) is 3.19. The lowest BCUT2D eigenvalue weighted by molar-refractivity contribution is 0.102. The molecule has 0 spiro atoms. The lowest BCUT2D eigenvalue weighted by atomic mass is 10.2. The van der Waals surface area contributed by atoms with Crippen molar-refractivity contribution in [2.45, 2.75) is 6.92 Å². The van der Waals surface area contributed by atoms with Crippen LogP contribution in [0.1, 0.15) is 16.1 Å². The van der Waals surface area contributed by atoms with Gasteiger partial charge < -0.3 is 20.1 Å². The van der Waals surface area contributed by atoms with E-state index < -0.39 is 11.9 Å². The monoisotopic (exact) mass is 412 g/mol. The Hall–Kier alpha value is -3.59. The van der Waals surface area contributed by atoms with E-state index in [1.165, 1.54) is 7.11 Å². The number of amides is 3. The Morgan fingerprint density at radius 2 is 1.83 bits per heavy atom. The number of hydrogen-bond acceptors (Lipinski definition) is 6. The third-order valence-electron chi connectivity index (χ3n) is 3.89. The lowest BCUT2D eigenvalue weighted by Crippen LogP contribution is -2.19. The number of carbonyl (C=O) groups is 2. The topological polar surface area (TPSA) is 102 Å². The van der Waals surface area contributed by atoms with Crippen LogP contribution < -0.4 is 25.4 Å². The van der Waals surface area contributed by atoms with Gasteiger partial charge in [0.2, 0.25) is 0 Å². The van der Waals surface area contributed by atoms with Gasteiger partial charge in [0.25, 0.3) is 5.91 Å². The van der Waals surface area contributed by atoms with Crippen molar-refractivity contribution in [2.24, 2.45) is 0 Å². The van der Waals surface area contributed by atoms with Crippen molar-refractivity contribution in [2.75, 3.05) is 30.2 Å². The summed E-state index contributed by atoms with van der Waals surface area (Å²) in [7, 11) is 3.05. The molecule has 0 aliphatic heterocycles. The van der Waals surface area contributed by atoms with Gasteiger partial charge in [-0.05, 0) is 36.8 Å². The van der Waals surface area contributed by atoms with Crippen LogP contribution in [-0.4, -0.2) is 31.1 Å². The smallest absolute Gasteiger partial charge is 0.325 e. The van der Waals surface area contributed by atoms with E-state index >= 15 is 0 Å². The minimum absolute atomic E-state index is 0.179. The van der Waals surface area contributed by atoms with Crippen LogP contribution in [0.3, 0.4) is 0 Å². The summed E-state index contributed by atoms with van der Waals surface area (Å²) in [5.74, 6) is 0.653. The van der Waals surface area contributed by atoms with Crippen molar-refractivity contribution in [3.8, 4) is 11.5 Å². The molecule has 3 amide bonds. The number of aryl methyl sites for hydroxylation is 1. The van der Waals surface area contributed by atoms with Crippen LogP contribution in [0.25, 0.3) is 0 Å². The maximum atomic E-state index is 12.5. The number of anilines is 3. The van der Waals surface area contributed by atoms with Gasteiger partial charge in [-0.25, -0.2) is 9.78 Å². The molecule has 1 heterocycles. The molecule has 0 aliphatic carbocycles. The Bertz CT molecular complexity index is 1030. The van der Waals surface area contributed by atoms with Gasteiger partial charge in [0.15, 0.2) is 5.13 Å². The normalized spacial score (nSPS) is 10.2. The van der Waals surface area contributed by atoms with Crippen molar-refractivity contribution < 1.29 is 19.1 Å². The maximum Gasteiger partial charge on any atom is 0.325 e. The summed E-state index contributed by atoms with van der Waals surface area (Å²) >= 11 is 1.15. The fourth-order valence-electron chi connectivity index (χ4n) is 2.51. The van der Waals surface area contributed by atoms with Crippen LogP contribution in [0.5, 0.6) is 11.5 Å². The van der Waals surface area contributed by atoms with E-state index in [9.17, 15) is 9.59 Å². The molecule has 0 saturated carbocycles. The van der Waals surface area contributed by atoms with E-state index in [1.807, 2.05) is 25.1 Å². The molecule has 0 aliphatic rings. The molecule has 0 saturated heterocycles. The predicted octanol–water partition coefficient (Wildman–Crippen LogP) is 4.37. The molecule has 3 N–H and O–H groups in total. The first-order valence-corrected chi connectivity index (χ1v) is 9.50. The zero-order valence-corrected chi connectivity index (χ0v) is 16.9. The van der Waals surface area contributed by atoms with Gasteiger partial charge in [-0.15, -0.1) is 11.3 Å². The third-order valence-corrected chi connectivity index (χ3v) is 4.65. The highest BCUT2D eigenvalue weighted by molar-refractivity contribution is 7.14. The third kappa shape index (κ3) is 5.23. The van der Waals surface area contributed by atoms with Crippen molar-refractivity contribution in [3.05, 3.63) is 59.1 Å². The first kappa shape index (κ1) is 20.2. The number of nitrogens with one attached hydrogen (secondary N) is 3. The second kappa shape index (κ2) is 9.07. The van der Waals surface area contributed by atoms with Crippen molar-refractivity contribution in [1.29, 1.82) is 0 Å². The Kier molecular flexibility index (Phi) is 6.30. The number of hydrogen-bond donors (Lipinski definition) is 3. The van der Waals surface area contributed by atoms with Crippen LogP contribution in [0, 0.1) is 6.92 Å². The van der Waals surface area contributed by atoms with Crippen molar-refractivity contribution in [1.82, 2.24) is 4.98 Å². The summed E-state index contributed by atoms with van der Waals surface area (Å²) in [4.78, 5) is 28.8. The number of ether oxygens (including phenoxy) is 2. The van der Waals surface area contributed by atoms with Gasteiger partial charge in [0, 0.05) is 17.1 Å². The second-order valence-corrected chi connectivity index (χ2v) is 6.86. The van der Waals surface area contributed by atoms with Gasteiger partial charge in [-0.3, -0.25) is 10.1 Å². The first-order chi connectivity index (χ1) is 14.0. The summed E-state index contributed by atoms with van der Waals surface area (Å²) in [6.45, 7) is 1.94. The van der Waals surface area contributed by atoms with Crippen LogP contribution in [0.2, 0.25) is 0 Å². The average molecular weight is 412 g/mol. The van der Waals surface area contributed by atoms with E-state index in [2.05, 4.69) is 20.9 Å². The Morgan fingerprint density at radius 3 is 2.55 bits per heavy atom. The zero-order valence-electron chi connectivity index (χ0n) is 16.1. The number of aromatic nitrogens is 1. The molecule has 150 valence electrons. The van der Waals surface area contributed by atoms with Gasteiger partial charge >= 0.3 is 6.03 Å². The summed E-state index contributed by atoms with van der Waals surface area (Å²) in [6, 6.07) is 12.0. The Labute approximate surface area is 171 Å². The standard InChI is InChI=1S/C20H20N4O4S/c1-12-5-4-6-13(9-12)21-19(26)24-20-23-16(11-29-20)18(25)22-15-8-7-14(27-2)10-17(15)28-3/h4-11H,1-3H3,(H,22,25)(H2,21,23,24,26). The first-order valence-electron chi connectivity index (χ1n) is 8.62. The second-order valence-electron chi connectivity index (χ2n) is 6.01. The fraction of sp³-hybridized carbons (Fsp3) is 0.150. The summed E-state index contributed by atoms with van der Waals surface area (Å²) in [5.41, 5.74) is 2.37. The quantitative estimate of drug-likeness (QED) is 0.558. The molecule has 2 aromatic carbocycles. The van der Waals surface area contributed by atoms with Gasteiger partial charge in [0.1, 0.15) is 17.2 Å². The minimum atomic E-state index is -0.436. The molecule has 8 nitrogen and oxygen atoms in total.